The lowest BCUT2D eigenvalue weighted by Crippen LogP contribution is -2.48. The zero-order valence-electron chi connectivity index (χ0n) is 18.6. The number of alkyl halides is 2. The summed E-state index contributed by atoms with van der Waals surface area (Å²) in [7, 11) is 0. The van der Waals surface area contributed by atoms with Crippen LogP contribution < -0.4 is 16.4 Å². The molecule has 0 unspecified atom stereocenters. The van der Waals surface area contributed by atoms with E-state index in [-0.39, 0.29) is 5.95 Å². The average Bonchev–Trinajstić information content (AvgIpc) is 3.24. The van der Waals surface area contributed by atoms with Crippen molar-refractivity contribution < 1.29 is 13.6 Å². The number of carbonyl (C=O) groups excluding carboxylic acids is 1. The maximum atomic E-state index is 14.6. The first kappa shape index (κ1) is 23.0. The largest absolute Gasteiger partial charge is 0.399 e. The fraction of sp³-hybridized carbons (Fsp3) is 0.240. The van der Waals surface area contributed by atoms with E-state index in [2.05, 4.69) is 25.6 Å². The average molecular weight is 497 g/mol. The van der Waals surface area contributed by atoms with Crippen molar-refractivity contribution in [3.05, 3.63) is 71.5 Å². The number of para-hydroxylation sites is 1. The van der Waals surface area contributed by atoms with Crippen molar-refractivity contribution in [2.75, 3.05) is 11.1 Å². The number of nitrogens with two attached hydrogens (primary N) is 1. The Labute approximate surface area is 205 Å². The minimum atomic E-state index is -2.96. The maximum Gasteiger partial charge on any atom is 0.252 e. The number of amides is 1. The number of aromatic nitrogens is 3. The number of hydrogen-bond donors (Lipinski definition) is 4. The summed E-state index contributed by atoms with van der Waals surface area (Å²) in [4.78, 5) is 24.5. The van der Waals surface area contributed by atoms with Gasteiger partial charge in [-0.3, -0.25) is 4.79 Å². The Bertz CT molecular complexity index is 1370. The van der Waals surface area contributed by atoms with E-state index in [1.165, 1.54) is 6.20 Å². The van der Waals surface area contributed by atoms with Gasteiger partial charge in [-0.05, 0) is 36.8 Å². The number of anilines is 2. The molecule has 180 valence electrons. The van der Waals surface area contributed by atoms with Crippen LogP contribution in [0.25, 0.3) is 22.2 Å². The predicted octanol–water partition coefficient (Wildman–Crippen LogP) is 5.26. The van der Waals surface area contributed by atoms with Gasteiger partial charge in [-0.15, -0.1) is 0 Å². The molecule has 1 amide bonds. The lowest BCUT2D eigenvalue weighted by atomic mass is 9.87. The lowest BCUT2D eigenvalue weighted by molar-refractivity contribution is -0.0467. The monoisotopic (exact) mass is 496 g/mol. The number of nitrogens with zero attached hydrogens (tertiary/aromatic N) is 2. The molecule has 2 atom stereocenters. The van der Waals surface area contributed by atoms with Gasteiger partial charge in [-0.2, -0.15) is 0 Å². The summed E-state index contributed by atoms with van der Waals surface area (Å²) in [5.41, 5.74) is 8.75. The molecule has 1 aliphatic rings. The molecule has 2 aromatic heterocycles. The maximum absolute atomic E-state index is 14.6. The number of H-pyrrole nitrogens is 1. The molecule has 0 bridgehead atoms. The minimum Gasteiger partial charge on any atom is -0.399 e. The van der Waals surface area contributed by atoms with E-state index < -0.39 is 36.8 Å². The Morgan fingerprint density at radius 3 is 2.66 bits per heavy atom. The van der Waals surface area contributed by atoms with Crippen molar-refractivity contribution in [1.29, 1.82) is 0 Å². The second kappa shape index (κ2) is 9.14. The summed E-state index contributed by atoms with van der Waals surface area (Å²) >= 11 is 6.38. The van der Waals surface area contributed by atoms with Crippen LogP contribution in [0, 0.1) is 0 Å². The molecule has 0 aliphatic heterocycles. The van der Waals surface area contributed by atoms with Gasteiger partial charge in [0.1, 0.15) is 0 Å². The van der Waals surface area contributed by atoms with Crippen LogP contribution in [0.3, 0.4) is 0 Å². The van der Waals surface area contributed by atoms with Gasteiger partial charge in [0.15, 0.2) is 0 Å². The second-order valence-electron chi connectivity index (χ2n) is 8.77. The van der Waals surface area contributed by atoms with E-state index >= 15 is 0 Å². The third-order valence-corrected chi connectivity index (χ3v) is 6.37. The van der Waals surface area contributed by atoms with E-state index in [1.807, 2.05) is 24.3 Å². The first-order valence-corrected chi connectivity index (χ1v) is 11.5. The Balaban J connectivity index is 1.34. The molecule has 1 saturated carbocycles. The number of nitrogen functional groups attached to an aromatic ring is 1. The molecule has 5 rings (SSSR count). The van der Waals surface area contributed by atoms with Crippen LogP contribution in [0.2, 0.25) is 5.02 Å². The number of fused-ring (bicyclic) bond motifs is 1. The van der Waals surface area contributed by atoms with Crippen LogP contribution in [-0.4, -0.2) is 38.9 Å². The molecule has 4 aromatic rings. The van der Waals surface area contributed by atoms with Crippen molar-refractivity contribution in [3.8, 4) is 11.3 Å². The summed E-state index contributed by atoms with van der Waals surface area (Å²) in [6, 6.07) is 12.7. The molecule has 0 saturated heterocycles. The SMILES string of the molecule is Nc1ccc(C(=O)N[C@@H]2C[C@H](Nc3ncc(Cl)c(-c4c[nH]c5ccccc45)n3)CC(F)(F)C2)cc1. The van der Waals surface area contributed by atoms with Crippen LogP contribution in [-0.2, 0) is 0 Å². The van der Waals surface area contributed by atoms with E-state index in [9.17, 15) is 13.6 Å². The zero-order chi connectivity index (χ0) is 24.6. The zero-order valence-corrected chi connectivity index (χ0v) is 19.3. The predicted molar refractivity (Wildman–Crippen MR) is 133 cm³/mol. The summed E-state index contributed by atoms with van der Waals surface area (Å²) in [5, 5.41) is 7.04. The standard InChI is InChI=1S/C25H23ClF2N6O/c26-20-13-31-24(34-22(20)19-12-30-21-4-2-1-3-18(19)21)33-17-9-16(10-25(27,28)11-17)32-23(35)14-5-7-15(29)8-6-14/h1-8,12-13,16-17,30H,9-11,29H2,(H,32,35)(H,31,33,34)/t16-,17+/m1/s1. The van der Waals surface area contributed by atoms with Gasteiger partial charge in [0.05, 0.1) is 16.9 Å². The number of halogens is 3. The highest BCUT2D eigenvalue weighted by molar-refractivity contribution is 6.33. The third kappa shape index (κ3) is 5.05. The van der Waals surface area contributed by atoms with E-state index in [4.69, 9.17) is 17.3 Å². The van der Waals surface area contributed by atoms with Gasteiger partial charge < -0.3 is 21.4 Å². The quantitative estimate of drug-likeness (QED) is 0.282. The molecule has 1 fully saturated rings. The van der Waals surface area contributed by atoms with E-state index in [0.29, 0.717) is 28.4 Å². The first-order chi connectivity index (χ1) is 16.8. The number of nitrogens with one attached hydrogen (secondary N) is 3. The van der Waals surface area contributed by atoms with Crippen LogP contribution in [0.15, 0.2) is 60.9 Å². The highest BCUT2D eigenvalue weighted by Crippen LogP contribution is 2.36. The van der Waals surface area contributed by atoms with Gasteiger partial charge in [0.25, 0.3) is 11.8 Å². The molecule has 5 N–H and O–H groups in total. The lowest BCUT2D eigenvalue weighted by Gasteiger charge is -2.35. The minimum absolute atomic E-state index is 0.195. The Hall–Kier alpha value is -3.72. The van der Waals surface area contributed by atoms with Crippen molar-refractivity contribution >= 4 is 40.0 Å². The number of aromatic amines is 1. The summed E-state index contributed by atoms with van der Waals surface area (Å²) in [6.45, 7) is 0. The molecule has 7 nitrogen and oxygen atoms in total. The molecule has 35 heavy (non-hydrogen) atoms. The van der Waals surface area contributed by atoms with Crippen LogP contribution in [0.1, 0.15) is 29.6 Å². The Kier molecular flexibility index (Phi) is 6.02. The van der Waals surface area contributed by atoms with Gasteiger partial charge in [0.2, 0.25) is 5.95 Å². The number of hydrogen-bond acceptors (Lipinski definition) is 5. The second-order valence-corrected chi connectivity index (χ2v) is 9.18. The van der Waals surface area contributed by atoms with Crippen LogP contribution in [0.4, 0.5) is 20.4 Å². The highest BCUT2D eigenvalue weighted by atomic mass is 35.5. The molecule has 2 aromatic carbocycles. The van der Waals surface area contributed by atoms with Crippen molar-refractivity contribution in [2.24, 2.45) is 0 Å². The summed E-state index contributed by atoms with van der Waals surface area (Å²) < 4.78 is 29.2. The van der Waals surface area contributed by atoms with Gasteiger partial charge in [-0.25, -0.2) is 18.7 Å². The third-order valence-electron chi connectivity index (χ3n) is 6.09. The summed E-state index contributed by atoms with van der Waals surface area (Å²) in [5.74, 6) is -3.18. The normalized spacial score (nSPS) is 19.4. The van der Waals surface area contributed by atoms with Crippen molar-refractivity contribution in [3.63, 3.8) is 0 Å². The molecule has 0 radical (unpaired) electrons. The fourth-order valence-corrected chi connectivity index (χ4v) is 4.71. The van der Waals surface area contributed by atoms with E-state index in [0.717, 1.165) is 16.5 Å². The van der Waals surface area contributed by atoms with Crippen molar-refractivity contribution in [1.82, 2.24) is 20.3 Å². The van der Waals surface area contributed by atoms with Gasteiger partial charge >= 0.3 is 0 Å². The number of benzene rings is 2. The topological polar surface area (TPSA) is 109 Å². The molecule has 2 heterocycles. The molecule has 10 heteroatoms. The first-order valence-electron chi connectivity index (χ1n) is 11.2. The Morgan fingerprint density at radius 1 is 1.11 bits per heavy atom. The smallest absolute Gasteiger partial charge is 0.252 e. The van der Waals surface area contributed by atoms with Gasteiger partial charge in [-0.1, -0.05) is 29.8 Å². The molecule has 1 aliphatic carbocycles. The number of rotatable bonds is 5. The number of carbonyl (C=O) groups is 1. The van der Waals surface area contributed by atoms with Crippen LogP contribution >= 0.6 is 11.6 Å². The fourth-order valence-electron chi connectivity index (χ4n) is 4.51. The molecular weight excluding hydrogens is 474 g/mol. The van der Waals surface area contributed by atoms with E-state index in [1.54, 1.807) is 30.5 Å². The van der Waals surface area contributed by atoms with Crippen LogP contribution in [0.5, 0.6) is 0 Å². The Morgan fingerprint density at radius 2 is 1.86 bits per heavy atom. The molecular formula is C25H23ClF2N6O. The molecule has 0 spiro atoms. The summed E-state index contributed by atoms with van der Waals surface area (Å²) in [6.07, 6.45) is 2.73. The highest BCUT2D eigenvalue weighted by Gasteiger charge is 2.42. The van der Waals surface area contributed by atoms with Gasteiger partial charge in [0, 0.05) is 58.8 Å². The van der Waals surface area contributed by atoms with Crippen molar-refractivity contribution in [2.45, 2.75) is 37.3 Å².